The first-order valence-corrected chi connectivity index (χ1v) is 8.15. The minimum Gasteiger partial charge on any atom is -0.493 e. The third-order valence-electron chi connectivity index (χ3n) is 3.48. The normalized spacial score (nSPS) is 11.0. The molecule has 0 heterocycles. The summed E-state index contributed by atoms with van der Waals surface area (Å²) >= 11 is 6.02. The van der Waals surface area contributed by atoms with Gasteiger partial charge in [0.05, 0.1) is 12.1 Å². The van der Waals surface area contributed by atoms with Gasteiger partial charge >= 0.3 is 0 Å². The summed E-state index contributed by atoms with van der Waals surface area (Å²) in [6.07, 6.45) is 0. The zero-order valence-corrected chi connectivity index (χ0v) is 16.4. The lowest BCUT2D eigenvalue weighted by Crippen LogP contribution is -2.35. The van der Waals surface area contributed by atoms with Crippen molar-refractivity contribution in [2.24, 2.45) is 0 Å². The highest BCUT2D eigenvalue weighted by Crippen LogP contribution is 2.30. The smallest absolute Gasteiger partial charge is 0.161 e. The molecule has 0 atom stereocenters. The quantitative estimate of drug-likeness (QED) is 0.721. The second-order valence-corrected chi connectivity index (χ2v) is 6.98. The van der Waals surface area contributed by atoms with Crippen LogP contribution in [0.3, 0.4) is 0 Å². The van der Waals surface area contributed by atoms with Crippen LogP contribution in [0, 0.1) is 5.82 Å². The highest BCUT2D eigenvalue weighted by Gasteiger charge is 2.12. The summed E-state index contributed by atoms with van der Waals surface area (Å²) in [5.41, 5.74) is 1.45. The van der Waals surface area contributed by atoms with Gasteiger partial charge in [-0.25, -0.2) is 4.39 Å². The van der Waals surface area contributed by atoms with Gasteiger partial charge in [0.2, 0.25) is 0 Å². The number of ether oxygens (including phenoxy) is 2. The van der Waals surface area contributed by atoms with Crippen molar-refractivity contribution in [3.05, 3.63) is 58.4 Å². The van der Waals surface area contributed by atoms with Gasteiger partial charge in [0.1, 0.15) is 12.4 Å². The van der Waals surface area contributed by atoms with E-state index in [-0.39, 0.29) is 30.4 Å². The second-order valence-electron chi connectivity index (χ2n) is 6.58. The molecule has 0 aliphatic carbocycles. The molecule has 0 radical (unpaired) electrons. The van der Waals surface area contributed by atoms with Gasteiger partial charge in [0.25, 0.3) is 0 Å². The molecule has 1 N–H and O–H groups in total. The summed E-state index contributed by atoms with van der Waals surface area (Å²) in [5, 5.41) is 3.77. The van der Waals surface area contributed by atoms with Crippen molar-refractivity contribution in [2.75, 3.05) is 7.11 Å². The Hall–Kier alpha value is -1.49. The van der Waals surface area contributed by atoms with Gasteiger partial charge in [-0.05, 0) is 50.6 Å². The molecule has 6 heteroatoms. The summed E-state index contributed by atoms with van der Waals surface area (Å²) in [5.74, 6) is 0.777. The van der Waals surface area contributed by atoms with Crippen molar-refractivity contribution in [3.63, 3.8) is 0 Å². The van der Waals surface area contributed by atoms with E-state index >= 15 is 0 Å². The van der Waals surface area contributed by atoms with Crippen LogP contribution in [-0.4, -0.2) is 12.6 Å². The van der Waals surface area contributed by atoms with Crippen LogP contribution in [-0.2, 0) is 13.2 Å². The van der Waals surface area contributed by atoms with Crippen LogP contribution in [0.25, 0.3) is 0 Å². The number of halogens is 3. The summed E-state index contributed by atoms with van der Waals surface area (Å²) < 4.78 is 24.9. The Labute approximate surface area is 159 Å². The van der Waals surface area contributed by atoms with Gasteiger partial charge in [0.15, 0.2) is 11.5 Å². The maximum absolute atomic E-state index is 13.8. The highest BCUT2D eigenvalue weighted by atomic mass is 35.5. The maximum atomic E-state index is 13.8. The number of hydrogen-bond donors (Lipinski definition) is 1. The average molecular weight is 388 g/mol. The fourth-order valence-corrected chi connectivity index (χ4v) is 2.35. The fraction of sp³-hybridized carbons (Fsp3) is 0.368. The van der Waals surface area contributed by atoms with E-state index in [1.54, 1.807) is 19.2 Å². The van der Waals surface area contributed by atoms with Crippen molar-refractivity contribution >= 4 is 24.0 Å². The Kier molecular flexibility index (Phi) is 8.00. The number of benzene rings is 2. The van der Waals surface area contributed by atoms with Crippen LogP contribution >= 0.6 is 24.0 Å². The molecular formula is C19H24Cl2FNO2. The van der Waals surface area contributed by atoms with Crippen molar-refractivity contribution in [1.29, 1.82) is 0 Å². The van der Waals surface area contributed by atoms with Crippen molar-refractivity contribution in [2.45, 2.75) is 39.5 Å². The van der Waals surface area contributed by atoms with Crippen molar-refractivity contribution in [3.8, 4) is 11.5 Å². The Morgan fingerprint density at radius 3 is 2.44 bits per heavy atom. The third kappa shape index (κ3) is 6.38. The first-order valence-electron chi connectivity index (χ1n) is 7.78. The highest BCUT2D eigenvalue weighted by molar-refractivity contribution is 6.31. The summed E-state index contributed by atoms with van der Waals surface area (Å²) in [6.45, 7) is 7.10. The number of rotatable bonds is 6. The Morgan fingerprint density at radius 1 is 1.12 bits per heavy atom. The SMILES string of the molecule is COc1cc(CNC(C)(C)C)ccc1OCc1c(F)cccc1Cl.Cl. The average Bonchev–Trinajstić information content (AvgIpc) is 2.52. The van der Waals surface area contributed by atoms with E-state index in [4.69, 9.17) is 21.1 Å². The van der Waals surface area contributed by atoms with E-state index in [1.807, 2.05) is 18.2 Å². The minimum absolute atomic E-state index is 0. The second kappa shape index (κ2) is 9.27. The van der Waals surface area contributed by atoms with E-state index in [2.05, 4.69) is 26.1 Å². The first kappa shape index (κ1) is 21.6. The van der Waals surface area contributed by atoms with Gasteiger partial charge < -0.3 is 14.8 Å². The van der Waals surface area contributed by atoms with Gasteiger partial charge in [-0.15, -0.1) is 12.4 Å². The third-order valence-corrected chi connectivity index (χ3v) is 3.84. The molecule has 0 saturated heterocycles. The van der Waals surface area contributed by atoms with Crippen LogP contribution in [0.1, 0.15) is 31.9 Å². The number of methoxy groups -OCH3 is 1. The lowest BCUT2D eigenvalue weighted by Gasteiger charge is -2.21. The molecule has 0 saturated carbocycles. The van der Waals surface area contributed by atoms with E-state index < -0.39 is 0 Å². The molecular weight excluding hydrogens is 364 g/mol. The van der Waals surface area contributed by atoms with E-state index in [0.29, 0.717) is 22.1 Å². The predicted molar refractivity (Wildman–Crippen MR) is 103 cm³/mol. The Morgan fingerprint density at radius 2 is 1.84 bits per heavy atom. The van der Waals surface area contributed by atoms with Gasteiger partial charge in [0, 0.05) is 17.6 Å². The lowest BCUT2D eigenvalue weighted by atomic mass is 10.1. The van der Waals surface area contributed by atoms with Crippen LogP contribution in [0.5, 0.6) is 11.5 Å². The fourth-order valence-electron chi connectivity index (χ4n) is 2.13. The van der Waals surface area contributed by atoms with Crippen LogP contribution in [0.2, 0.25) is 5.02 Å². The molecule has 2 rings (SSSR count). The molecule has 3 nitrogen and oxygen atoms in total. The number of nitrogens with one attached hydrogen (secondary N) is 1. The molecule has 0 amide bonds. The summed E-state index contributed by atoms with van der Waals surface area (Å²) in [7, 11) is 1.58. The summed E-state index contributed by atoms with van der Waals surface area (Å²) in [4.78, 5) is 0. The van der Waals surface area contributed by atoms with Crippen molar-refractivity contribution < 1.29 is 13.9 Å². The molecule has 0 aliphatic heterocycles. The molecule has 2 aromatic rings. The lowest BCUT2D eigenvalue weighted by molar-refractivity contribution is 0.279. The van der Waals surface area contributed by atoms with Crippen LogP contribution in [0.15, 0.2) is 36.4 Å². The van der Waals surface area contributed by atoms with Crippen LogP contribution < -0.4 is 14.8 Å². The Bertz CT molecular complexity index is 682. The molecule has 0 aliphatic rings. The molecule has 0 bridgehead atoms. The molecule has 2 aromatic carbocycles. The molecule has 0 aromatic heterocycles. The minimum atomic E-state index is -0.382. The van der Waals surface area contributed by atoms with E-state index in [0.717, 1.165) is 12.1 Å². The monoisotopic (exact) mass is 387 g/mol. The number of hydrogen-bond acceptors (Lipinski definition) is 3. The topological polar surface area (TPSA) is 30.5 Å². The predicted octanol–water partition coefficient (Wildman–Crippen LogP) is 5.38. The Balaban J connectivity index is 0.00000312. The molecule has 0 spiro atoms. The summed E-state index contributed by atoms with van der Waals surface area (Å²) in [6, 6.07) is 10.3. The molecule has 25 heavy (non-hydrogen) atoms. The van der Waals surface area contributed by atoms with Crippen molar-refractivity contribution in [1.82, 2.24) is 5.32 Å². The standard InChI is InChI=1S/C19H23ClFNO2.ClH/c1-19(2,3)22-11-13-8-9-17(18(10-13)23-4)24-12-14-15(20)6-5-7-16(14)21;/h5-10,22H,11-12H2,1-4H3;1H. The zero-order valence-electron chi connectivity index (χ0n) is 14.9. The first-order chi connectivity index (χ1) is 11.3. The van der Waals surface area contributed by atoms with E-state index in [1.165, 1.54) is 6.07 Å². The van der Waals surface area contributed by atoms with Gasteiger partial charge in [-0.1, -0.05) is 23.7 Å². The largest absolute Gasteiger partial charge is 0.493 e. The van der Waals surface area contributed by atoms with Gasteiger partial charge in [-0.3, -0.25) is 0 Å². The zero-order chi connectivity index (χ0) is 17.7. The molecule has 0 fully saturated rings. The van der Waals surface area contributed by atoms with Gasteiger partial charge in [-0.2, -0.15) is 0 Å². The van der Waals surface area contributed by atoms with Crippen LogP contribution in [0.4, 0.5) is 4.39 Å². The molecule has 0 unspecified atom stereocenters. The maximum Gasteiger partial charge on any atom is 0.161 e. The van der Waals surface area contributed by atoms with E-state index in [9.17, 15) is 4.39 Å². The molecule has 138 valence electrons.